The minimum Gasteiger partial charge on any atom is -0.464 e. The first-order valence-electron chi connectivity index (χ1n) is 9.35. The fourth-order valence-corrected chi connectivity index (χ4v) is 2.71. The third kappa shape index (κ3) is 10.1. The topological polar surface area (TPSA) is 55.4 Å². The fourth-order valence-electron chi connectivity index (χ4n) is 2.71. The highest BCUT2D eigenvalue weighted by molar-refractivity contribution is 5.87. The zero-order valence-electron chi connectivity index (χ0n) is 14.6. The molecule has 1 aliphatic rings. The Morgan fingerprint density at radius 1 is 1.09 bits per heavy atom. The lowest BCUT2D eigenvalue weighted by atomic mass is 10.1. The smallest absolute Gasteiger partial charge is 0.328 e. The number of rotatable bonds is 13. The number of carbonyl (C=O) groups is 2. The fraction of sp³-hybridized carbons (Fsp3) is 0.789. The number of esters is 1. The van der Waals surface area contributed by atoms with E-state index in [4.69, 9.17) is 4.74 Å². The van der Waals surface area contributed by atoms with E-state index in [1.54, 1.807) is 0 Å². The Bertz CT molecular complexity index is 366. The van der Waals surface area contributed by atoms with Crippen LogP contribution in [0.3, 0.4) is 0 Å². The van der Waals surface area contributed by atoms with Crippen LogP contribution in [0, 0.1) is 0 Å². The predicted molar refractivity (Wildman–Crippen MR) is 93.1 cm³/mol. The van der Waals surface area contributed by atoms with Crippen molar-refractivity contribution in [2.75, 3.05) is 6.61 Å². The molecule has 0 aromatic rings. The van der Waals surface area contributed by atoms with Crippen molar-refractivity contribution in [2.45, 2.75) is 90.0 Å². The predicted octanol–water partition coefficient (Wildman–Crippen LogP) is 4.29. The van der Waals surface area contributed by atoms with Gasteiger partial charge in [-0.15, -0.1) is 0 Å². The van der Waals surface area contributed by atoms with E-state index in [1.165, 1.54) is 51.4 Å². The SMILES string of the molecule is CCC/C=C/CCCCCCCCCOC(=O)[C@@H]1CCC(=O)N1. The highest BCUT2D eigenvalue weighted by Crippen LogP contribution is 2.11. The van der Waals surface area contributed by atoms with E-state index in [-0.39, 0.29) is 11.9 Å². The molecule has 0 bridgehead atoms. The number of nitrogens with one attached hydrogen (secondary N) is 1. The Labute approximate surface area is 141 Å². The Hall–Kier alpha value is -1.32. The average molecular weight is 323 g/mol. The van der Waals surface area contributed by atoms with Crippen molar-refractivity contribution in [1.82, 2.24) is 5.32 Å². The zero-order chi connectivity index (χ0) is 16.8. The molecule has 0 aliphatic carbocycles. The summed E-state index contributed by atoms with van der Waals surface area (Å²) < 4.78 is 5.20. The maximum absolute atomic E-state index is 11.6. The molecule has 0 aromatic carbocycles. The maximum Gasteiger partial charge on any atom is 0.328 e. The molecule has 1 fully saturated rings. The molecule has 0 unspecified atom stereocenters. The van der Waals surface area contributed by atoms with Crippen LogP contribution in [0.25, 0.3) is 0 Å². The second-order valence-electron chi connectivity index (χ2n) is 6.35. The molecule has 1 saturated heterocycles. The molecule has 1 N–H and O–H groups in total. The van der Waals surface area contributed by atoms with Crippen LogP contribution in [0.1, 0.15) is 84.0 Å². The van der Waals surface area contributed by atoms with Gasteiger partial charge in [-0.25, -0.2) is 4.79 Å². The third-order valence-electron chi connectivity index (χ3n) is 4.16. The summed E-state index contributed by atoms with van der Waals surface area (Å²) in [6.07, 6.45) is 17.7. The van der Waals surface area contributed by atoms with E-state index in [2.05, 4.69) is 24.4 Å². The second-order valence-corrected chi connectivity index (χ2v) is 6.35. The summed E-state index contributed by atoms with van der Waals surface area (Å²) in [4.78, 5) is 22.7. The summed E-state index contributed by atoms with van der Waals surface area (Å²) >= 11 is 0. The van der Waals surface area contributed by atoms with Crippen LogP contribution in [0.15, 0.2) is 12.2 Å². The molecule has 132 valence electrons. The molecule has 1 aliphatic heterocycles. The van der Waals surface area contributed by atoms with Crippen LogP contribution in [0.4, 0.5) is 0 Å². The monoisotopic (exact) mass is 323 g/mol. The molecule has 1 rings (SSSR count). The van der Waals surface area contributed by atoms with Crippen LogP contribution >= 0.6 is 0 Å². The highest BCUT2D eigenvalue weighted by Gasteiger charge is 2.28. The normalized spacial score (nSPS) is 17.6. The van der Waals surface area contributed by atoms with Gasteiger partial charge in [0.15, 0.2) is 0 Å². The largest absolute Gasteiger partial charge is 0.464 e. The number of hydrogen-bond donors (Lipinski definition) is 1. The van der Waals surface area contributed by atoms with E-state index in [0.717, 1.165) is 12.8 Å². The van der Waals surface area contributed by atoms with Crippen molar-refractivity contribution in [1.29, 1.82) is 0 Å². The first-order chi connectivity index (χ1) is 11.2. The molecule has 1 atom stereocenters. The molecule has 1 amide bonds. The minimum absolute atomic E-state index is 0.0483. The Kier molecular flexibility index (Phi) is 11.3. The lowest BCUT2D eigenvalue weighted by Gasteiger charge is -2.09. The molecular formula is C19H33NO3. The maximum atomic E-state index is 11.6. The van der Waals surface area contributed by atoms with E-state index >= 15 is 0 Å². The molecule has 0 saturated carbocycles. The van der Waals surface area contributed by atoms with Gasteiger partial charge in [-0.3, -0.25) is 4.79 Å². The van der Waals surface area contributed by atoms with Gasteiger partial charge in [-0.05, 0) is 32.1 Å². The molecule has 0 spiro atoms. The third-order valence-corrected chi connectivity index (χ3v) is 4.16. The van der Waals surface area contributed by atoms with E-state index in [1.807, 2.05) is 0 Å². The van der Waals surface area contributed by atoms with Gasteiger partial charge >= 0.3 is 5.97 Å². The molecule has 1 heterocycles. The Morgan fingerprint density at radius 2 is 1.74 bits per heavy atom. The van der Waals surface area contributed by atoms with Gasteiger partial charge in [-0.1, -0.05) is 57.6 Å². The van der Waals surface area contributed by atoms with Gasteiger partial charge in [0.2, 0.25) is 5.91 Å². The van der Waals surface area contributed by atoms with Gasteiger partial charge in [0, 0.05) is 6.42 Å². The lowest BCUT2D eigenvalue weighted by molar-refractivity contribution is -0.146. The van der Waals surface area contributed by atoms with Crippen LogP contribution in [-0.4, -0.2) is 24.5 Å². The van der Waals surface area contributed by atoms with Crippen LogP contribution in [0.5, 0.6) is 0 Å². The first-order valence-corrected chi connectivity index (χ1v) is 9.35. The number of unbranched alkanes of at least 4 members (excludes halogenated alkanes) is 8. The van der Waals surface area contributed by atoms with Crippen molar-refractivity contribution in [3.63, 3.8) is 0 Å². The van der Waals surface area contributed by atoms with Crippen LogP contribution < -0.4 is 5.32 Å². The summed E-state index contributed by atoms with van der Waals surface area (Å²) in [5.74, 6) is -0.320. The van der Waals surface area contributed by atoms with Crippen molar-refractivity contribution >= 4 is 11.9 Å². The van der Waals surface area contributed by atoms with E-state index in [9.17, 15) is 9.59 Å². The highest BCUT2D eigenvalue weighted by atomic mass is 16.5. The number of hydrogen-bond acceptors (Lipinski definition) is 3. The summed E-state index contributed by atoms with van der Waals surface area (Å²) in [5, 5.41) is 2.63. The molecule has 4 heteroatoms. The Morgan fingerprint density at radius 3 is 2.39 bits per heavy atom. The van der Waals surface area contributed by atoms with E-state index < -0.39 is 6.04 Å². The summed E-state index contributed by atoms with van der Waals surface area (Å²) in [6.45, 7) is 2.69. The number of allylic oxidation sites excluding steroid dienone is 2. The van der Waals surface area contributed by atoms with E-state index in [0.29, 0.717) is 19.4 Å². The summed E-state index contributed by atoms with van der Waals surface area (Å²) in [5.41, 5.74) is 0. The van der Waals surface area contributed by atoms with Crippen molar-refractivity contribution in [3.05, 3.63) is 12.2 Å². The van der Waals surface area contributed by atoms with Gasteiger partial charge < -0.3 is 10.1 Å². The molecule has 4 nitrogen and oxygen atoms in total. The van der Waals surface area contributed by atoms with Crippen LogP contribution in [0.2, 0.25) is 0 Å². The number of amides is 1. The molecule has 0 radical (unpaired) electrons. The van der Waals surface area contributed by atoms with Crippen LogP contribution in [-0.2, 0) is 14.3 Å². The number of carbonyl (C=O) groups excluding carboxylic acids is 2. The van der Waals surface area contributed by atoms with Gasteiger partial charge in [0.05, 0.1) is 6.61 Å². The molecular weight excluding hydrogens is 290 g/mol. The van der Waals surface area contributed by atoms with Gasteiger partial charge in [0.25, 0.3) is 0 Å². The van der Waals surface area contributed by atoms with Crippen molar-refractivity contribution in [2.24, 2.45) is 0 Å². The second kappa shape index (κ2) is 13.1. The average Bonchev–Trinajstić information content (AvgIpc) is 2.98. The zero-order valence-corrected chi connectivity index (χ0v) is 14.6. The summed E-state index contributed by atoms with van der Waals surface area (Å²) in [6, 6.07) is -0.408. The number of ether oxygens (including phenoxy) is 1. The van der Waals surface area contributed by atoms with Gasteiger partial charge in [-0.2, -0.15) is 0 Å². The lowest BCUT2D eigenvalue weighted by Crippen LogP contribution is -2.34. The first kappa shape index (κ1) is 19.7. The summed E-state index contributed by atoms with van der Waals surface area (Å²) in [7, 11) is 0. The quantitative estimate of drug-likeness (QED) is 0.312. The van der Waals surface area contributed by atoms with Crippen molar-refractivity contribution in [3.8, 4) is 0 Å². The van der Waals surface area contributed by atoms with Crippen molar-refractivity contribution < 1.29 is 14.3 Å². The van der Waals surface area contributed by atoms with Gasteiger partial charge in [0.1, 0.15) is 6.04 Å². The molecule has 0 aromatic heterocycles. The standard InChI is InChI=1S/C19H33NO3/c1-2-3-4-5-6-7-8-9-10-11-12-13-16-23-19(22)17-14-15-18(21)20-17/h4-5,17H,2-3,6-16H2,1H3,(H,20,21)/b5-4+/t17-/m0/s1. The Balaban J connectivity index is 1.81. The molecule has 23 heavy (non-hydrogen) atoms. The minimum atomic E-state index is -0.408.